The Bertz CT molecular complexity index is 574. The summed E-state index contributed by atoms with van der Waals surface area (Å²) in [5.74, 6) is 0.713. The van der Waals surface area contributed by atoms with E-state index in [4.69, 9.17) is 0 Å². The lowest BCUT2D eigenvalue weighted by Crippen LogP contribution is -2.30. The van der Waals surface area contributed by atoms with Crippen molar-refractivity contribution in [2.45, 2.75) is 46.3 Å². The van der Waals surface area contributed by atoms with Gasteiger partial charge in [-0.2, -0.15) is 5.10 Å². The largest absolute Gasteiger partial charge is 0.333 e. The predicted octanol–water partition coefficient (Wildman–Crippen LogP) is 2.22. The average Bonchev–Trinajstić information content (AvgIpc) is 3.11. The maximum Gasteiger partial charge on any atom is 0.320 e. The molecule has 0 aliphatic rings. The number of aromatic nitrogens is 4. The van der Waals surface area contributed by atoms with Crippen LogP contribution in [0.2, 0.25) is 0 Å². The molecule has 0 saturated carbocycles. The summed E-state index contributed by atoms with van der Waals surface area (Å²) in [5, 5.41) is 9.85. The van der Waals surface area contributed by atoms with Crippen LogP contribution in [-0.2, 0) is 19.6 Å². The standard InChI is InChI=1S/C14H22N6O/c1-3-5-8-20-13(6-7-17-20)18-14(21)16-10-12-9-15-11-19(12)4-2/h6-7,9,11H,3-5,8,10H2,1-2H3,(H2,16,18,21). The van der Waals surface area contributed by atoms with Crippen LogP contribution in [0.4, 0.5) is 10.6 Å². The topological polar surface area (TPSA) is 76.8 Å². The molecule has 7 heteroatoms. The number of amides is 2. The fourth-order valence-electron chi connectivity index (χ4n) is 2.04. The second kappa shape index (κ2) is 7.47. The van der Waals surface area contributed by atoms with Crippen LogP contribution in [0, 0.1) is 0 Å². The van der Waals surface area contributed by atoms with Crippen molar-refractivity contribution in [3.63, 3.8) is 0 Å². The molecule has 0 atom stereocenters. The lowest BCUT2D eigenvalue weighted by atomic mass is 10.3. The highest BCUT2D eigenvalue weighted by Gasteiger charge is 2.07. The number of urea groups is 1. The maximum atomic E-state index is 11.9. The second-order valence-corrected chi connectivity index (χ2v) is 4.77. The summed E-state index contributed by atoms with van der Waals surface area (Å²) in [5.41, 5.74) is 0.979. The summed E-state index contributed by atoms with van der Waals surface area (Å²) in [6, 6.07) is 1.56. The zero-order chi connectivity index (χ0) is 15.1. The molecule has 2 aromatic heterocycles. The predicted molar refractivity (Wildman–Crippen MR) is 80.9 cm³/mol. The van der Waals surface area contributed by atoms with Crippen molar-refractivity contribution in [2.24, 2.45) is 0 Å². The van der Waals surface area contributed by atoms with E-state index in [1.54, 1.807) is 29.5 Å². The molecule has 0 radical (unpaired) electrons. The molecular formula is C14H22N6O. The van der Waals surface area contributed by atoms with E-state index in [0.29, 0.717) is 12.4 Å². The number of hydrogen-bond donors (Lipinski definition) is 2. The van der Waals surface area contributed by atoms with E-state index in [2.05, 4.69) is 27.6 Å². The van der Waals surface area contributed by atoms with Gasteiger partial charge in [-0.15, -0.1) is 0 Å². The second-order valence-electron chi connectivity index (χ2n) is 4.77. The highest BCUT2D eigenvalue weighted by molar-refractivity contribution is 5.88. The number of nitrogens with zero attached hydrogens (tertiary/aromatic N) is 4. The lowest BCUT2D eigenvalue weighted by Gasteiger charge is -2.10. The molecule has 0 aromatic carbocycles. The van der Waals surface area contributed by atoms with E-state index in [9.17, 15) is 4.79 Å². The molecule has 2 heterocycles. The van der Waals surface area contributed by atoms with Gasteiger partial charge in [0.05, 0.1) is 24.8 Å². The molecule has 0 bridgehead atoms. The van der Waals surface area contributed by atoms with Gasteiger partial charge in [-0.25, -0.2) is 14.5 Å². The van der Waals surface area contributed by atoms with Crippen molar-refractivity contribution in [3.05, 3.63) is 30.5 Å². The van der Waals surface area contributed by atoms with Gasteiger partial charge < -0.3 is 9.88 Å². The van der Waals surface area contributed by atoms with Gasteiger partial charge in [0, 0.05) is 25.4 Å². The fraction of sp³-hybridized carbons (Fsp3) is 0.500. The molecule has 21 heavy (non-hydrogen) atoms. The van der Waals surface area contributed by atoms with Crippen LogP contribution in [0.15, 0.2) is 24.8 Å². The van der Waals surface area contributed by atoms with Gasteiger partial charge >= 0.3 is 6.03 Å². The first-order valence-corrected chi connectivity index (χ1v) is 7.30. The Labute approximate surface area is 124 Å². The molecule has 2 rings (SSSR count). The quantitative estimate of drug-likeness (QED) is 0.821. The minimum absolute atomic E-state index is 0.239. The fourth-order valence-corrected chi connectivity index (χ4v) is 2.04. The van der Waals surface area contributed by atoms with Crippen LogP contribution >= 0.6 is 0 Å². The van der Waals surface area contributed by atoms with Crippen LogP contribution in [-0.4, -0.2) is 25.4 Å². The Morgan fingerprint density at radius 3 is 3.00 bits per heavy atom. The number of nitrogens with one attached hydrogen (secondary N) is 2. The highest BCUT2D eigenvalue weighted by atomic mass is 16.2. The molecule has 0 fully saturated rings. The number of imidazole rings is 1. The van der Waals surface area contributed by atoms with Crippen molar-refractivity contribution in [1.29, 1.82) is 0 Å². The van der Waals surface area contributed by atoms with Crippen LogP contribution < -0.4 is 10.6 Å². The highest BCUT2D eigenvalue weighted by Crippen LogP contribution is 2.07. The van der Waals surface area contributed by atoms with E-state index in [1.807, 2.05) is 11.5 Å². The van der Waals surface area contributed by atoms with Gasteiger partial charge in [0.15, 0.2) is 0 Å². The van der Waals surface area contributed by atoms with Crippen molar-refractivity contribution >= 4 is 11.8 Å². The zero-order valence-corrected chi connectivity index (χ0v) is 12.5. The first kappa shape index (κ1) is 15.1. The monoisotopic (exact) mass is 290 g/mol. The van der Waals surface area contributed by atoms with Crippen molar-refractivity contribution in [3.8, 4) is 0 Å². The van der Waals surface area contributed by atoms with Crippen LogP contribution in [0.5, 0.6) is 0 Å². The van der Waals surface area contributed by atoms with E-state index >= 15 is 0 Å². The van der Waals surface area contributed by atoms with E-state index in [0.717, 1.165) is 31.6 Å². The smallest absolute Gasteiger partial charge is 0.320 e. The molecule has 2 aromatic rings. The third-order valence-corrected chi connectivity index (χ3v) is 3.25. The summed E-state index contributed by atoms with van der Waals surface area (Å²) in [6.45, 7) is 6.25. The van der Waals surface area contributed by atoms with Gasteiger partial charge in [-0.05, 0) is 13.3 Å². The third-order valence-electron chi connectivity index (χ3n) is 3.25. The molecule has 2 N–H and O–H groups in total. The van der Waals surface area contributed by atoms with E-state index in [1.165, 1.54) is 0 Å². The van der Waals surface area contributed by atoms with E-state index in [-0.39, 0.29) is 6.03 Å². The summed E-state index contributed by atoms with van der Waals surface area (Å²) < 4.78 is 3.80. The molecule has 0 aliphatic carbocycles. The van der Waals surface area contributed by atoms with Crippen LogP contribution in [0.25, 0.3) is 0 Å². The molecule has 7 nitrogen and oxygen atoms in total. The van der Waals surface area contributed by atoms with E-state index < -0.39 is 0 Å². The normalized spacial score (nSPS) is 10.6. The number of anilines is 1. The maximum absolute atomic E-state index is 11.9. The molecule has 0 unspecified atom stereocenters. The Balaban J connectivity index is 1.86. The molecular weight excluding hydrogens is 268 g/mol. The number of hydrogen-bond acceptors (Lipinski definition) is 3. The van der Waals surface area contributed by atoms with Crippen molar-refractivity contribution < 1.29 is 4.79 Å². The SMILES string of the molecule is CCCCn1nccc1NC(=O)NCc1cncn1CC. The van der Waals surface area contributed by atoms with Crippen molar-refractivity contribution in [2.75, 3.05) is 5.32 Å². The number of carbonyl (C=O) groups is 1. The Hall–Kier alpha value is -2.31. The van der Waals surface area contributed by atoms with Crippen LogP contribution in [0.1, 0.15) is 32.4 Å². The van der Waals surface area contributed by atoms with Crippen molar-refractivity contribution in [1.82, 2.24) is 24.6 Å². The number of aryl methyl sites for hydroxylation is 2. The zero-order valence-electron chi connectivity index (χ0n) is 12.5. The van der Waals surface area contributed by atoms with Gasteiger partial charge in [0.2, 0.25) is 0 Å². The lowest BCUT2D eigenvalue weighted by molar-refractivity contribution is 0.251. The van der Waals surface area contributed by atoms with Gasteiger partial charge in [-0.1, -0.05) is 13.3 Å². The first-order valence-electron chi connectivity index (χ1n) is 7.30. The summed E-state index contributed by atoms with van der Waals surface area (Å²) in [7, 11) is 0. The van der Waals surface area contributed by atoms with Gasteiger partial charge in [-0.3, -0.25) is 5.32 Å². The molecule has 0 aliphatic heterocycles. The number of rotatable bonds is 7. The molecule has 0 saturated heterocycles. The molecule has 0 spiro atoms. The third kappa shape index (κ3) is 4.08. The van der Waals surface area contributed by atoms with Crippen LogP contribution in [0.3, 0.4) is 0 Å². The Kier molecular flexibility index (Phi) is 5.36. The summed E-state index contributed by atoms with van der Waals surface area (Å²) in [6.07, 6.45) is 7.33. The summed E-state index contributed by atoms with van der Waals surface area (Å²) in [4.78, 5) is 16.0. The number of unbranched alkanes of at least 4 members (excludes halogenated alkanes) is 1. The minimum Gasteiger partial charge on any atom is -0.333 e. The molecule has 114 valence electrons. The average molecular weight is 290 g/mol. The van der Waals surface area contributed by atoms with Gasteiger partial charge in [0.25, 0.3) is 0 Å². The number of carbonyl (C=O) groups excluding carboxylic acids is 1. The van der Waals surface area contributed by atoms with Gasteiger partial charge in [0.1, 0.15) is 5.82 Å². The molecule has 2 amide bonds. The minimum atomic E-state index is -0.239. The Morgan fingerprint density at radius 2 is 2.24 bits per heavy atom. The summed E-state index contributed by atoms with van der Waals surface area (Å²) >= 11 is 0. The first-order chi connectivity index (χ1) is 10.2. The Morgan fingerprint density at radius 1 is 1.38 bits per heavy atom.